The molecule has 0 bridgehead atoms. The van der Waals surface area contributed by atoms with E-state index in [-0.39, 0.29) is 23.1 Å². The van der Waals surface area contributed by atoms with Gasteiger partial charge in [-0.25, -0.2) is 8.42 Å². The molecule has 0 N–H and O–H groups in total. The summed E-state index contributed by atoms with van der Waals surface area (Å²) < 4.78 is 34.5. The normalized spacial score (nSPS) is 14.5. The molecule has 0 aliphatic carbocycles. The molecule has 1 saturated heterocycles. The Labute approximate surface area is 236 Å². The summed E-state index contributed by atoms with van der Waals surface area (Å²) in [4.78, 5) is 17.5. The lowest BCUT2D eigenvalue weighted by atomic mass is 10.2. The Morgan fingerprint density at radius 3 is 2.38 bits per heavy atom. The molecule has 0 atom stereocenters. The van der Waals surface area contributed by atoms with Gasteiger partial charge in [0.05, 0.1) is 12.8 Å². The molecule has 1 amide bonds. The molecule has 7 nitrogen and oxygen atoms in total. The largest absolute Gasteiger partial charge is 0.495 e. The van der Waals surface area contributed by atoms with Gasteiger partial charge < -0.3 is 9.64 Å². The second-order valence-corrected chi connectivity index (χ2v) is 11.8. The number of benzene rings is 3. The standard InChI is InChI=1S/C30H34ClN3O4S/c1-23-11-14-28(38-3)29(20-23)39(36,37)34(26-13-12-24(2)27(31)21-26)22-30(35)33-18-16-32(17-19-33)15-7-10-25-8-5-4-6-9-25/h4-14,20-21H,15-19,22H2,1-3H3/b10-7+. The first-order valence-corrected chi connectivity index (χ1v) is 14.7. The Bertz CT molecular complexity index is 1440. The van der Waals surface area contributed by atoms with Gasteiger partial charge in [0, 0.05) is 37.7 Å². The van der Waals surface area contributed by atoms with Crippen molar-refractivity contribution in [1.82, 2.24) is 9.80 Å². The number of sulfonamides is 1. The molecule has 206 valence electrons. The summed E-state index contributed by atoms with van der Waals surface area (Å²) in [5.74, 6) is -0.0465. The molecule has 3 aromatic carbocycles. The van der Waals surface area contributed by atoms with E-state index in [9.17, 15) is 13.2 Å². The Kier molecular flexibility index (Phi) is 9.32. The van der Waals surface area contributed by atoms with Gasteiger partial charge in [-0.3, -0.25) is 14.0 Å². The number of nitrogens with zero attached hydrogens (tertiary/aromatic N) is 3. The number of anilines is 1. The highest BCUT2D eigenvalue weighted by Crippen LogP contribution is 2.32. The topological polar surface area (TPSA) is 70.2 Å². The van der Waals surface area contributed by atoms with Crippen molar-refractivity contribution in [3.63, 3.8) is 0 Å². The smallest absolute Gasteiger partial charge is 0.268 e. The summed E-state index contributed by atoms with van der Waals surface area (Å²) in [6.45, 7) is 6.56. The number of amides is 1. The van der Waals surface area contributed by atoms with Crippen LogP contribution in [-0.2, 0) is 14.8 Å². The quantitative estimate of drug-likeness (QED) is 0.363. The molecule has 0 spiro atoms. The van der Waals surface area contributed by atoms with Crippen molar-refractivity contribution in [2.24, 2.45) is 0 Å². The molecule has 4 rings (SSSR count). The third kappa shape index (κ3) is 7.01. The maximum atomic E-state index is 14.0. The minimum atomic E-state index is -4.15. The van der Waals surface area contributed by atoms with Gasteiger partial charge in [0.2, 0.25) is 5.91 Å². The van der Waals surface area contributed by atoms with Crippen molar-refractivity contribution in [3.05, 3.63) is 94.5 Å². The number of aryl methyl sites for hydroxylation is 2. The van der Waals surface area contributed by atoms with E-state index < -0.39 is 10.0 Å². The van der Waals surface area contributed by atoms with Crippen molar-refractivity contribution in [2.45, 2.75) is 18.7 Å². The van der Waals surface area contributed by atoms with E-state index in [1.54, 1.807) is 41.3 Å². The molecule has 1 aliphatic heterocycles. The highest BCUT2D eigenvalue weighted by atomic mass is 35.5. The molecule has 0 radical (unpaired) electrons. The first-order chi connectivity index (χ1) is 18.7. The van der Waals surface area contributed by atoms with Crippen molar-refractivity contribution < 1.29 is 17.9 Å². The third-order valence-corrected chi connectivity index (χ3v) is 9.01. The zero-order chi connectivity index (χ0) is 28.0. The van der Waals surface area contributed by atoms with Crippen molar-refractivity contribution >= 4 is 39.3 Å². The van der Waals surface area contributed by atoms with Crippen molar-refractivity contribution in [3.8, 4) is 5.75 Å². The number of halogens is 1. The maximum absolute atomic E-state index is 14.0. The van der Waals surface area contributed by atoms with E-state index in [1.807, 2.05) is 32.0 Å². The zero-order valence-electron chi connectivity index (χ0n) is 22.5. The predicted molar refractivity (Wildman–Crippen MR) is 157 cm³/mol. The van der Waals surface area contributed by atoms with Gasteiger partial charge in [0.1, 0.15) is 17.2 Å². The Balaban J connectivity index is 1.51. The van der Waals surface area contributed by atoms with Gasteiger partial charge in [-0.2, -0.15) is 0 Å². The lowest BCUT2D eigenvalue weighted by molar-refractivity contribution is -0.131. The van der Waals surface area contributed by atoms with E-state index in [2.05, 4.69) is 29.2 Å². The van der Waals surface area contributed by atoms with E-state index in [0.717, 1.165) is 27.5 Å². The number of ether oxygens (including phenoxy) is 1. The molecule has 0 saturated carbocycles. The summed E-state index contributed by atoms with van der Waals surface area (Å²) >= 11 is 6.37. The highest BCUT2D eigenvalue weighted by Gasteiger charge is 2.32. The second kappa shape index (κ2) is 12.7. The van der Waals surface area contributed by atoms with Crippen LogP contribution in [-0.4, -0.2) is 70.5 Å². The van der Waals surface area contributed by atoms with Gasteiger partial charge in [-0.05, 0) is 54.8 Å². The average molecular weight is 568 g/mol. The van der Waals surface area contributed by atoms with Crippen molar-refractivity contribution in [2.75, 3.05) is 50.7 Å². The van der Waals surface area contributed by atoms with Crippen molar-refractivity contribution in [1.29, 1.82) is 0 Å². The number of hydrogen-bond donors (Lipinski definition) is 0. The SMILES string of the molecule is COc1ccc(C)cc1S(=O)(=O)N(CC(=O)N1CCN(C/C=C/c2ccccc2)CC1)c1ccc(C)c(Cl)c1. The molecular formula is C30H34ClN3O4S. The van der Waals surface area contributed by atoms with E-state index in [1.165, 1.54) is 7.11 Å². The van der Waals surface area contributed by atoms with Crippen LogP contribution in [0.1, 0.15) is 16.7 Å². The fourth-order valence-electron chi connectivity index (χ4n) is 4.46. The van der Waals surface area contributed by atoms with Crippen LogP contribution < -0.4 is 9.04 Å². The van der Waals surface area contributed by atoms with Crippen LogP contribution in [0.25, 0.3) is 6.08 Å². The van der Waals surface area contributed by atoms with Crippen LogP contribution in [0.2, 0.25) is 5.02 Å². The number of rotatable bonds is 9. The highest BCUT2D eigenvalue weighted by molar-refractivity contribution is 7.93. The zero-order valence-corrected chi connectivity index (χ0v) is 24.1. The molecule has 0 unspecified atom stereocenters. The number of carbonyl (C=O) groups is 1. The molecule has 9 heteroatoms. The van der Waals surface area contributed by atoms with E-state index >= 15 is 0 Å². The Morgan fingerprint density at radius 1 is 1.00 bits per heavy atom. The molecule has 0 aromatic heterocycles. The average Bonchev–Trinajstić information content (AvgIpc) is 2.94. The molecule has 1 fully saturated rings. The van der Waals surface area contributed by atoms with Crippen LogP contribution in [0.4, 0.5) is 5.69 Å². The summed E-state index contributed by atoms with van der Waals surface area (Å²) in [5, 5.41) is 0.425. The van der Waals surface area contributed by atoms with Crippen LogP contribution in [0, 0.1) is 13.8 Å². The summed E-state index contributed by atoms with van der Waals surface area (Å²) in [5.41, 5.74) is 3.05. The second-order valence-electron chi connectivity index (χ2n) is 9.59. The predicted octanol–water partition coefficient (Wildman–Crippen LogP) is 5.02. The van der Waals surface area contributed by atoms with Gasteiger partial charge in [0.15, 0.2) is 0 Å². The van der Waals surface area contributed by atoms with Crippen LogP contribution in [0.3, 0.4) is 0 Å². The minimum Gasteiger partial charge on any atom is -0.495 e. The minimum absolute atomic E-state index is 0.00419. The Hall–Kier alpha value is -3.33. The lowest BCUT2D eigenvalue weighted by Crippen LogP contribution is -2.51. The fourth-order valence-corrected chi connectivity index (χ4v) is 6.29. The van der Waals surface area contributed by atoms with E-state index in [0.29, 0.717) is 36.9 Å². The molecule has 3 aromatic rings. The maximum Gasteiger partial charge on any atom is 0.268 e. The molecule has 1 heterocycles. The van der Waals surface area contributed by atoms with Crippen LogP contribution in [0.15, 0.2) is 77.7 Å². The lowest BCUT2D eigenvalue weighted by Gasteiger charge is -2.35. The van der Waals surface area contributed by atoms with E-state index in [4.69, 9.17) is 16.3 Å². The van der Waals surface area contributed by atoms with Gasteiger partial charge in [0.25, 0.3) is 10.0 Å². The molecule has 1 aliphatic rings. The number of piperazine rings is 1. The summed E-state index contributed by atoms with van der Waals surface area (Å²) in [7, 11) is -2.72. The fraction of sp³-hybridized carbons (Fsp3) is 0.300. The van der Waals surface area contributed by atoms with Crippen LogP contribution in [0.5, 0.6) is 5.75 Å². The number of hydrogen-bond acceptors (Lipinski definition) is 5. The summed E-state index contributed by atoms with van der Waals surface area (Å²) in [6.07, 6.45) is 4.21. The monoisotopic (exact) mass is 567 g/mol. The number of methoxy groups -OCH3 is 1. The van der Waals surface area contributed by atoms with Crippen LogP contribution >= 0.6 is 11.6 Å². The number of carbonyl (C=O) groups excluding carboxylic acids is 1. The summed E-state index contributed by atoms with van der Waals surface area (Å²) in [6, 6.07) is 20.1. The first kappa shape index (κ1) is 28.7. The van der Waals surface area contributed by atoms with Gasteiger partial charge in [-0.15, -0.1) is 0 Å². The Morgan fingerprint density at radius 2 is 1.72 bits per heavy atom. The van der Waals surface area contributed by atoms with Gasteiger partial charge in [-0.1, -0.05) is 66.2 Å². The molecular weight excluding hydrogens is 534 g/mol. The first-order valence-electron chi connectivity index (χ1n) is 12.8. The van der Waals surface area contributed by atoms with Gasteiger partial charge >= 0.3 is 0 Å². The third-order valence-electron chi connectivity index (χ3n) is 6.81. The molecule has 39 heavy (non-hydrogen) atoms.